The fourth-order valence-electron chi connectivity index (χ4n) is 2.99. The molecule has 1 fully saturated rings. The molecule has 1 aromatic carbocycles. The molecule has 1 aliphatic carbocycles. The second-order valence-corrected chi connectivity index (χ2v) is 6.48. The molecule has 1 aliphatic rings. The van der Waals surface area contributed by atoms with E-state index in [1.165, 1.54) is 29.7 Å². The van der Waals surface area contributed by atoms with Gasteiger partial charge in [-0.25, -0.2) is 0 Å². The second kappa shape index (κ2) is 6.09. The smallest absolute Gasteiger partial charge is 0.0386 e. The zero-order valence-electron chi connectivity index (χ0n) is 11.4. The lowest BCUT2D eigenvalue weighted by atomic mass is 9.62. The van der Waals surface area contributed by atoms with Crippen LogP contribution in [0.15, 0.2) is 29.2 Å². The first-order valence-corrected chi connectivity index (χ1v) is 7.84. The highest BCUT2D eigenvalue weighted by Gasteiger charge is 2.42. The van der Waals surface area contributed by atoms with Crippen molar-refractivity contribution in [1.82, 2.24) is 5.32 Å². The molecule has 18 heavy (non-hydrogen) atoms. The van der Waals surface area contributed by atoms with Crippen molar-refractivity contribution in [3.8, 4) is 0 Å². The Morgan fingerprint density at radius 1 is 1.33 bits per heavy atom. The van der Waals surface area contributed by atoms with Crippen molar-refractivity contribution in [3.05, 3.63) is 29.8 Å². The molecule has 3 N–H and O–H groups in total. The normalized spacial score (nSPS) is 19.3. The molecular weight excluding hydrogens is 240 g/mol. The summed E-state index contributed by atoms with van der Waals surface area (Å²) in [4.78, 5) is 1.35. The average molecular weight is 264 g/mol. The Hall–Kier alpha value is -0.510. The van der Waals surface area contributed by atoms with Crippen LogP contribution in [0.3, 0.4) is 0 Å². The van der Waals surface area contributed by atoms with Crippen molar-refractivity contribution in [2.24, 2.45) is 11.1 Å². The lowest BCUT2D eigenvalue weighted by Crippen LogP contribution is -2.47. The van der Waals surface area contributed by atoms with Gasteiger partial charge in [0.05, 0.1) is 0 Å². The summed E-state index contributed by atoms with van der Waals surface area (Å²) in [6.45, 7) is 2.97. The van der Waals surface area contributed by atoms with Gasteiger partial charge in [0.25, 0.3) is 0 Å². The summed E-state index contributed by atoms with van der Waals surface area (Å²) in [5.41, 5.74) is 7.68. The molecule has 1 atom stereocenters. The SMILES string of the molecule is CCSc1ccc(C(NC)C2(CN)CCC2)cc1. The van der Waals surface area contributed by atoms with E-state index < -0.39 is 0 Å². The van der Waals surface area contributed by atoms with Crippen LogP contribution in [0.2, 0.25) is 0 Å². The lowest BCUT2D eigenvalue weighted by molar-refractivity contribution is 0.0879. The van der Waals surface area contributed by atoms with Gasteiger partial charge in [-0.2, -0.15) is 0 Å². The van der Waals surface area contributed by atoms with Gasteiger partial charge in [0.1, 0.15) is 0 Å². The molecular formula is C15H24N2S. The Morgan fingerprint density at radius 2 is 2.00 bits per heavy atom. The van der Waals surface area contributed by atoms with Gasteiger partial charge in [0, 0.05) is 16.4 Å². The Bertz CT molecular complexity index is 365. The van der Waals surface area contributed by atoms with Gasteiger partial charge in [-0.15, -0.1) is 11.8 Å². The molecule has 1 saturated carbocycles. The van der Waals surface area contributed by atoms with Gasteiger partial charge in [0.15, 0.2) is 0 Å². The summed E-state index contributed by atoms with van der Waals surface area (Å²) < 4.78 is 0. The minimum absolute atomic E-state index is 0.286. The third-order valence-corrected chi connectivity index (χ3v) is 5.08. The number of nitrogens with one attached hydrogen (secondary N) is 1. The highest BCUT2D eigenvalue weighted by Crippen LogP contribution is 2.49. The van der Waals surface area contributed by atoms with E-state index in [0.29, 0.717) is 6.04 Å². The Kier molecular flexibility index (Phi) is 4.71. The Balaban J connectivity index is 2.17. The van der Waals surface area contributed by atoms with Gasteiger partial charge in [0.2, 0.25) is 0 Å². The van der Waals surface area contributed by atoms with Gasteiger partial charge in [-0.1, -0.05) is 25.5 Å². The summed E-state index contributed by atoms with van der Waals surface area (Å²) in [6, 6.07) is 9.38. The predicted molar refractivity (Wildman–Crippen MR) is 80.0 cm³/mol. The maximum Gasteiger partial charge on any atom is 0.0386 e. The second-order valence-electron chi connectivity index (χ2n) is 5.14. The van der Waals surface area contributed by atoms with Crippen LogP contribution in [0.4, 0.5) is 0 Å². The first-order valence-electron chi connectivity index (χ1n) is 6.86. The Labute approximate surface area is 115 Å². The maximum absolute atomic E-state index is 6.02. The van der Waals surface area contributed by atoms with Gasteiger partial charge < -0.3 is 11.1 Å². The van der Waals surface area contributed by atoms with E-state index in [9.17, 15) is 0 Å². The predicted octanol–water partition coefficient (Wildman–Crippen LogP) is 3.19. The number of hydrogen-bond acceptors (Lipinski definition) is 3. The fourth-order valence-corrected chi connectivity index (χ4v) is 3.65. The van der Waals surface area contributed by atoms with Crippen molar-refractivity contribution in [1.29, 1.82) is 0 Å². The summed E-state index contributed by atoms with van der Waals surface area (Å²) in [5.74, 6) is 1.13. The van der Waals surface area contributed by atoms with Crippen molar-refractivity contribution >= 4 is 11.8 Å². The van der Waals surface area contributed by atoms with Crippen LogP contribution >= 0.6 is 11.8 Å². The van der Waals surface area contributed by atoms with E-state index in [-0.39, 0.29) is 5.41 Å². The van der Waals surface area contributed by atoms with Crippen LogP contribution in [0.5, 0.6) is 0 Å². The van der Waals surface area contributed by atoms with Gasteiger partial charge >= 0.3 is 0 Å². The van der Waals surface area contributed by atoms with Crippen LogP contribution in [0, 0.1) is 5.41 Å². The first-order chi connectivity index (χ1) is 8.75. The molecule has 0 spiro atoms. The molecule has 0 aromatic heterocycles. The molecule has 3 heteroatoms. The minimum atomic E-state index is 0.286. The molecule has 0 saturated heterocycles. The number of nitrogens with two attached hydrogens (primary N) is 1. The van der Waals surface area contributed by atoms with Crippen molar-refractivity contribution in [2.45, 2.75) is 37.1 Å². The van der Waals surface area contributed by atoms with Crippen LogP contribution in [-0.2, 0) is 0 Å². The summed E-state index contributed by atoms with van der Waals surface area (Å²) in [5, 5.41) is 3.48. The number of rotatable bonds is 6. The lowest BCUT2D eigenvalue weighted by Gasteiger charge is -2.47. The van der Waals surface area contributed by atoms with Crippen LogP contribution < -0.4 is 11.1 Å². The zero-order chi connectivity index (χ0) is 13.0. The number of thioether (sulfide) groups is 1. The van der Waals surface area contributed by atoms with E-state index in [0.717, 1.165) is 12.3 Å². The highest BCUT2D eigenvalue weighted by molar-refractivity contribution is 7.99. The van der Waals surface area contributed by atoms with E-state index >= 15 is 0 Å². The largest absolute Gasteiger partial charge is 0.330 e. The first kappa shape index (κ1) is 13.9. The molecule has 0 heterocycles. The van der Waals surface area contributed by atoms with Crippen LogP contribution in [0.25, 0.3) is 0 Å². The van der Waals surface area contributed by atoms with Gasteiger partial charge in [-0.05, 0) is 49.9 Å². The molecule has 0 bridgehead atoms. The molecule has 100 valence electrons. The molecule has 2 nitrogen and oxygen atoms in total. The quantitative estimate of drug-likeness (QED) is 0.775. The van der Waals surface area contributed by atoms with E-state index in [2.05, 4.69) is 43.6 Å². The minimum Gasteiger partial charge on any atom is -0.330 e. The number of benzene rings is 1. The third-order valence-electron chi connectivity index (χ3n) is 4.18. The molecule has 1 unspecified atom stereocenters. The van der Waals surface area contributed by atoms with Crippen LogP contribution in [-0.4, -0.2) is 19.3 Å². The van der Waals surface area contributed by atoms with Crippen molar-refractivity contribution in [2.75, 3.05) is 19.3 Å². The average Bonchev–Trinajstić information content (AvgIpc) is 2.35. The van der Waals surface area contributed by atoms with E-state index in [1.807, 2.05) is 11.8 Å². The van der Waals surface area contributed by atoms with E-state index in [4.69, 9.17) is 5.73 Å². The van der Waals surface area contributed by atoms with Crippen molar-refractivity contribution in [3.63, 3.8) is 0 Å². The standard InChI is InChI=1S/C15H24N2S/c1-3-18-13-7-5-12(6-8-13)14(17-2)15(11-16)9-4-10-15/h5-8,14,17H,3-4,9-11,16H2,1-2H3. The molecule has 0 amide bonds. The summed E-state index contributed by atoms with van der Waals surface area (Å²) in [7, 11) is 2.05. The highest BCUT2D eigenvalue weighted by atomic mass is 32.2. The van der Waals surface area contributed by atoms with Crippen LogP contribution in [0.1, 0.15) is 37.8 Å². The fraction of sp³-hybridized carbons (Fsp3) is 0.600. The van der Waals surface area contributed by atoms with Crippen molar-refractivity contribution < 1.29 is 0 Å². The van der Waals surface area contributed by atoms with E-state index in [1.54, 1.807) is 0 Å². The van der Waals surface area contributed by atoms with Gasteiger partial charge in [-0.3, -0.25) is 0 Å². The monoisotopic (exact) mass is 264 g/mol. The topological polar surface area (TPSA) is 38.0 Å². The third kappa shape index (κ3) is 2.58. The Morgan fingerprint density at radius 3 is 2.39 bits per heavy atom. The molecule has 1 aromatic rings. The molecule has 0 radical (unpaired) electrons. The summed E-state index contributed by atoms with van der Waals surface area (Å²) in [6.07, 6.45) is 3.82. The summed E-state index contributed by atoms with van der Waals surface area (Å²) >= 11 is 1.89. The number of hydrogen-bond donors (Lipinski definition) is 2. The molecule has 0 aliphatic heterocycles. The molecule has 2 rings (SSSR count). The maximum atomic E-state index is 6.02. The zero-order valence-corrected chi connectivity index (χ0v) is 12.2.